The maximum atomic E-state index is 13.5. The quantitative estimate of drug-likeness (QED) is 0.469. The molecule has 0 aliphatic heterocycles. The third-order valence-electron chi connectivity index (χ3n) is 3.96. The van der Waals surface area contributed by atoms with Crippen LogP contribution in [0.1, 0.15) is 5.56 Å². The summed E-state index contributed by atoms with van der Waals surface area (Å²) < 4.78 is 13.5. The third-order valence-corrected chi connectivity index (χ3v) is 3.96. The van der Waals surface area contributed by atoms with E-state index < -0.39 is 0 Å². The van der Waals surface area contributed by atoms with Crippen LogP contribution in [0, 0.1) is 29.3 Å². The molecule has 0 heterocycles. The van der Waals surface area contributed by atoms with Crippen LogP contribution in [0.3, 0.4) is 0 Å². The van der Waals surface area contributed by atoms with Crippen molar-refractivity contribution < 1.29 is 4.39 Å². The summed E-state index contributed by atoms with van der Waals surface area (Å²) in [6.45, 7) is 0. The Morgan fingerprint density at radius 2 is 1.39 bits per heavy atom. The van der Waals surface area contributed by atoms with Crippen molar-refractivity contribution in [2.24, 2.45) is 0 Å². The molecule has 0 atom stereocenters. The van der Waals surface area contributed by atoms with Gasteiger partial charge >= 0.3 is 0 Å². The Hall–Kier alpha value is -3.18. The molecular weight excluding hydrogens is 285 g/mol. The normalized spacial score (nSPS) is 10.8. The van der Waals surface area contributed by atoms with Gasteiger partial charge in [0, 0.05) is 0 Å². The van der Waals surface area contributed by atoms with E-state index in [1.807, 2.05) is 30.3 Å². The van der Waals surface area contributed by atoms with Crippen molar-refractivity contribution in [2.45, 2.75) is 0 Å². The van der Waals surface area contributed by atoms with E-state index in [0.717, 1.165) is 32.7 Å². The van der Waals surface area contributed by atoms with Gasteiger partial charge < -0.3 is 0 Å². The van der Waals surface area contributed by atoms with Crippen LogP contribution in [0.25, 0.3) is 32.7 Å². The molecule has 0 aromatic heterocycles. The highest BCUT2D eigenvalue weighted by Crippen LogP contribution is 2.33. The summed E-state index contributed by atoms with van der Waals surface area (Å²) in [5.74, 6) is -0.254. The summed E-state index contributed by atoms with van der Waals surface area (Å²) in [4.78, 5) is 0. The fraction of sp³-hybridized carbons (Fsp3) is 0. The predicted molar refractivity (Wildman–Crippen MR) is 89.2 cm³/mol. The van der Waals surface area contributed by atoms with Gasteiger partial charge in [-0.05, 0) is 69.1 Å². The van der Waals surface area contributed by atoms with Crippen LogP contribution in [-0.4, -0.2) is 0 Å². The van der Waals surface area contributed by atoms with E-state index in [9.17, 15) is 4.39 Å². The first-order valence-corrected chi connectivity index (χ1v) is 7.21. The molecule has 0 unspecified atom stereocenters. The van der Waals surface area contributed by atoms with Gasteiger partial charge in [0.15, 0.2) is 0 Å². The number of benzene rings is 4. The second-order valence-electron chi connectivity index (χ2n) is 5.35. The second kappa shape index (κ2) is 5.23. The molecule has 0 aliphatic carbocycles. The Labute approximate surface area is 133 Å². The second-order valence-corrected chi connectivity index (χ2v) is 5.35. The van der Waals surface area contributed by atoms with Crippen molar-refractivity contribution in [1.29, 1.82) is 5.26 Å². The molecule has 0 saturated carbocycles. The van der Waals surface area contributed by atoms with Crippen LogP contribution in [0.2, 0.25) is 0 Å². The molecule has 23 heavy (non-hydrogen) atoms. The van der Waals surface area contributed by atoms with Crippen LogP contribution in [0.15, 0.2) is 60.7 Å². The lowest BCUT2D eigenvalue weighted by molar-refractivity contribution is 0.630. The van der Waals surface area contributed by atoms with Crippen LogP contribution < -0.4 is 0 Å². The van der Waals surface area contributed by atoms with Gasteiger partial charge in [0.25, 0.3) is 0 Å². The van der Waals surface area contributed by atoms with Gasteiger partial charge in [-0.1, -0.05) is 36.4 Å². The topological polar surface area (TPSA) is 23.8 Å². The van der Waals surface area contributed by atoms with E-state index in [1.165, 1.54) is 12.1 Å². The molecule has 0 aliphatic rings. The highest BCUT2D eigenvalue weighted by atomic mass is 19.1. The van der Waals surface area contributed by atoms with Gasteiger partial charge in [-0.3, -0.25) is 0 Å². The molecule has 0 fully saturated rings. The minimum Gasteiger partial charge on any atom is -0.207 e. The maximum Gasteiger partial charge on any atom is 0.123 e. The Morgan fingerprint density at radius 3 is 2.04 bits per heavy atom. The first-order chi connectivity index (χ1) is 11.3. The number of nitriles is 1. The van der Waals surface area contributed by atoms with Gasteiger partial charge in [-0.15, -0.1) is 0 Å². The zero-order valence-corrected chi connectivity index (χ0v) is 12.1. The Kier molecular flexibility index (Phi) is 3.06. The molecule has 0 spiro atoms. The van der Waals surface area contributed by atoms with Crippen molar-refractivity contribution >= 4 is 21.5 Å². The first kappa shape index (κ1) is 13.5. The lowest BCUT2D eigenvalue weighted by atomic mass is 9.93. The summed E-state index contributed by atoms with van der Waals surface area (Å²) >= 11 is 0. The average molecular weight is 295 g/mol. The number of hydrogen-bond donors (Lipinski definition) is 0. The van der Waals surface area contributed by atoms with Crippen LogP contribution in [0.5, 0.6) is 0 Å². The van der Waals surface area contributed by atoms with Crippen LogP contribution in [0.4, 0.5) is 4.39 Å². The molecule has 4 aromatic carbocycles. The summed E-state index contributed by atoms with van der Waals surface area (Å²) in [5, 5.41) is 12.8. The summed E-state index contributed by atoms with van der Waals surface area (Å²) in [6.07, 6.45) is 0. The van der Waals surface area contributed by atoms with E-state index >= 15 is 0 Å². The Morgan fingerprint density at radius 1 is 0.783 bits per heavy atom. The number of fused-ring (bicyclic) bond motifs is 2. The van der Waals surface area contributed by atoms with Crippen molar-refractivity contribution in [1.82, 2.24) is 0 Å². The zero-order chi connectivity index (χ0) is 15.8. The van der Waals surface area contributed by atoms with Crippen LogP contribution in [-0.2, 0) is 0 Å². The standard InChI is InChI=1S/C21H10FN/c22-17-8-10-19-16(12-17)4-2-6-21(19)20-5-1-3-15-11-14(13-23)7-9-18(15)20/h1-4,7-12H. The Bertz CT molecular complexity index is 1090. The number of nitrogens with zero attached hydrogens (tertiary/aromatic N) is 1. The molecule has 0 bridgehead atoms. The van der Waals surface area contributed by atoms with Crippen molar-refractivity contribution in [3.05, 3.63) is 84.2 Å². The third kappa shape index (κ3) is 2.23. The highest BCUT2D eigenvalue weighted by molar-refractivity contribution is 6.05. The lowest BCUT2D eigenvalue weighted by Gasteiger charge is -2.10. The van der Waals surface area contributed by atoms with E-state index in [4.69, 9.17) is 5.26 Å². The minimum atomic E-state index is -0.254. The molecule has 0 saturated heterocycles. The molecule has 1 nitrogen and oxygen atoms in total. The highest BCUT2D eigenvalue weighted by Gasteiger charge is 2.09. The van der Waals surface area contributed by atoms with Gasteiger partial charge in [-0.2, -0.15) is 5.26 Å². The number of halogens is 1. The summed E-state index contributed by atoms with van der Waals surface area (Å²) in [5.41, 5.74) is 2.42. The largest absolute Gasteiger partial charge is 0.207 e. The van der Waals surface area contributed by atoms with Crippen molar-refractivity contribution in [2.75, 3.05) is 0 Å². The molecule has 2 radical (unpaired) electrons. The molecule has 0 amide bonds. The van der Waals surface area contributed by atoms with Gasteiger partial charge in [0.1, 0.15) is 5.82 Å². The number of hydrogen-bond acceptors (Lipinski definition) is 1. The lowest BCUT2D eigenvalue weighted by Crippen LogP contribution is -1.86. The van der Waals surface area contributed by atoms with Crippen molar-refractivity contribution in [3.8, 4) is 17.2 Å². The fourth-order valence-electron chi connectivity index (χ4n) is 2.90. The molecule has 4 rings (SSSR count). The molecule has 4 aromatic rings. The first-order valence-electron chi connectivity index (χ1n) is 7.21. The van der Waals surface area contributed by atoms with Crippen molar-refractivity contribution in [3.63, 3.8) is 0 Å². The summed E-state index contributed by atoms with van der Waals surface area (Å²) in [7, 11) is 0. The van der Waals surface area contributed by atoms with E-state index in [1.54, 1.807) is 18.2 Å². The Balaban J connectivity index is 2.05. The minimum absolute atomic E-state index is 0.254. The van der Waals surface area contributed by atoms with Crippen LogP contribution >= 0.6 is 0 Å². The molecule has 2 heteroatoms. The van der Waals surface area contributed by atoms with E-state index in [-0.39, 0.29) is 5.82 Å². The van der Waals surface area contributed by atoms with E-state index in [2.05, 4.69) is 18.2 Å². The zero-order valence-electron chi connectivity index (χ0n) is 12.1. The van der Waals surface area contributed by atoms with E-state index in [0.29, 0.717) is 5.56 Å². The molecule has 106 valence electrons. The molecule has 0 N–H and O–H groups in total. The van der Waals surface area contributed by atoms with Gasteiger partial charge in [0.05, 0.1) is 11.6 Å². The summed E-state index contributed by atoms with van der Waals surface area (Å²) in [6, 6.07) is 26.4. The smallest absolute Gasteiger partial charge is 0.123 e. The average Bonchev–Trinajstić information content (AvgIpc) is 2.60. The maximum absolute atomic E-state index is 13.5. The number of rotatable bonds is 1. The van der Waals surface area contributed by atoms with Gasteiger partial charge in [-0.25, -0.2) is 4.39 Å². The molecular formula is C21H10FN. The predicted octanol–water partition coefficient (Wildman–Crippen LogP) is 5.27. The monoisotopic (exact) mass is 295 g/mol. The fourth-order valence-corrected chi connectivity index (χ4v) is 2.90. The van der Waals surface area contributed by atoms with Gasteiger partial charge in [0.2, 0.25) is 0 Å². The SMILES string of the molecule is N#Cc1ccc2c(-c3[c]ccc4cc(F)ccc34)[c]ccc2c1.